The quantitative estimate of drug-likeness (QED) is 0.311. The van der Waals surface area contributed by atoms with Crippen molar-refractivity contribution in [3.8, 4) is 22.4 Å². The third-order valence-corrected chi connectivity index (χ3v) is 6.45. The summed E-state index contributed by atoms with van der Waals surface area (Å²) in [7, 11) is 0. The lowest BCUT2D eigenvalue weighted by molar-refractivity contribution is 0.103. The van der Waals surface area contributed by atoms with Crippen LogP contribution in [0.2, 0.25) is 0 Å². The predicted octanol–water partition coefficient (Wildman–Crippen LogP) is 8.48. The highest BCUT2D eigenvalue weighted by Gasteiger charge is 2.21. The molecule has 1 aromatic heterocycles. The van der Waals surface area contributed by atoms with Gasteiger partial charge in [-0.15, -0.1) is 0 Å². The molecule has 0 aliphatic heterocycles. The van der Waals surface area contributed by atoms with Crippen LogP contribution in [0.5, 0.6) is 0 Å². The van der Waals surface area contributed by atoms with Crippen molar-refractivity contribution in [3.63, 3.8) is 0 Å². The first-order valence-electron chi connectivity index (χ1n) is 12.0. The largest absolute Gasteiger partial charge is 0.351 e. The molecule has 0 spiro atoms. The summed E-state index contributed by atoms with van der Waals surface area (Å²) >= 11 is 0. The van der Waals surface area contributed by atoms with Crippen LogP contribution in [-0.2, 0) is 10.8 Å². The Morgan fingerprint density at radius 1 is 0.676 bits per heavy atom. The molecule has 1 N–H and O–H groups in total. The number of rotatable bonds is 4. The van der Waals surface area contributed by atoms with Crippen LogP contribution in [0.25, 0.3) is 22.4 Å². The average molecular weight is 450 g/mol. The minimum absolute atomic E-state index is 0.0103. The molecule has 0 saturated carbocycles. The zero-order chi connectivity index (χ0) is 24.7. The summed E-state index contributed by atoms with van der Waals surface area (Å²) in [6.45, 7) is 15.3. The van der Waals surface area contributed by atoms with Gasteiger partial charge in [0.05, 0.1) is 5.69 Å². The Morgan fingerprint density at radius 2 is 1.21 bits per heavy atom. The van der Waals surface area contributed by atoms with Crippen molar-refractivity contribution < 1.29 is 4.79 Å². The third-order valence-electron chi connectivity index (χ3n) is 6.45. The number of hydrogen-bond acceptors (Lipinski definition) is 1. The normalized spacial score (nSPS) is 12.1. The Bertz CT molecular complexity index is 1310. The van der Waals surface area contributed by atoms with E-state index in [2.05, 4.69) is 101 Å². The van der Waals surface area contributed by atoms with Crippen LogP contribution in [0.4, 0.5) is 0 Å². The molecule has 2 nitrogen and oxygen atoms in total. The van der Waals surface area contributed by atoms with Crippen molar-refractivity contribution in [2.75, 3.05) is 0 Å². The van der Waals surface area contributed by atoms with Gasteiger partial charge in [-0.1, -0.05) is 114 Å². The number of aryl methyl sites for hydroxylation is 1. The number of benzene rings is 3. The molecule has 0 fully saturated rings. The molecule has 0 unspecified atom stereocenters. The predicted molar refractivity (Wildman–Crippen MR) is 144 cm³/mol. The van der Waals surface area contributed by atoms with E-state index in [1.807, 2.05) is 31.2 Å². The molecule has 4 rings (SSSR count). The van der Waals surface area contributed by atoms with Crippen molar-refractivity contribution in [3.05, 3.63) is 107 Å². The molecule has 0 aliphatic carbocycles. The fourth-order valence-corrected chi connectivity index (χ4v) is 4.25. The zero-order valence-corrected chi connectivity index (χ0v) is 21.4. The Kier molecular flexibility index (Phi) is 6.12. The molecule has 0 radical (unpaired) electrons. The number of nitrogens with one attached hydrogen (secondary N) is 1. The molecular formula is C32H35NO. The molecule has 174 valence electrons. The summed E-state index contributed by atoms with van der Waals surface area (Å²) in [5.41, 5.74) is 9.14. The van der Waals surface area contributed by atoms with E-state index in [4.69, 9.17) is 0 Å². The maximum atomic E-state index is 13.6. The zero-order valence-electron chi connectivity index (χ0n) is 21.4. The van der Waals surface area contributed by atoms with E-state index in [-0.39, 0.29) is 16.6 Å². The van der Waals surface area contributed by atoms with Crippen molar-refractivity contribution in [1.29, 1.82) is 0 Å². The smallest absolute Gasteiger partial charge is 0.209 e. The molecule has 4 aromatic rings. The number of aromatic amines is 1. The lowest BCUT2D eigenvalue weighted by atomic mass is 9.86. The summed E-state index contributed by atoms with van der Waals surface area (Å²) in [6.07, 6.45) is 0. The Labute approximate surface area is 204 Å². The van der Waals surface area contributed by atoms with Crippen molar-refractivity contribution >= 4 is 5.78 Å². The molecule has 0 atom stereocenters. The molecule has 34 heavy (non-hydrogen) atoms. The van der Waals surface area contributed by atoms with E-state index < -0.39 is 0 Å². The average Bonchev–Trinajstić information content (AvgIpc) is 3.23. The van der Waals surface area contributed by atoms with Crippen LogP contribution in [0, 0.1) is 6.92 Å². The molecular weight excluding hydrogens is 414 g/mol. The number of hydrogen-bond donors (Lipinski definition) is 1. The minimum Gasteiger partial charge on any atom is -0.351 e. The first kappa shape index (κ1) is 23.8. The summed E-state index contributed by atoms with van der Waals surface area (Å²) in [4.78, 5) is 17.1. The van der Waals surface area contributed by atoms with Crippen molar-refractivity contribution in [2.24, 2.45) is 0 Å². The van der Waals surface area contributed by atoms with Gasteiger partial charge in [0, 0.05) is 16.8 Å². The lowest BCUT2D eigenvalue weighted by Gasteiger charge is -2.19. The van der Waals surface area contributed by atoms with E-state index in [1.165, 1.54) is 11.1 Å². The van der Waals surface area contributed by atoms with Gasteiger partial charge in [-0.05, 0) is 52.1 Å². The highest BCUT2D eigenvalue weighted by molar-refractivity contribution is 6.12. The SMILES string of the molecule is Cc1cccc(C(=O)c2[nH]c(-c3ccc(C(C)(C)C)cc3)cc2-c2ccc(C(C)(C)C)cc2)c1. The highest BCUT2D eigenvalue weighted by Crippen LogP contribution is 2.34. The Hall–Kier alpha value is -3.39. The van der Waals surface area contributed by atoms with Crippen LogP contribution < -0.4 is 0 Å². The standard InChI is InChI=1S/C32H35NO/c1-21-9-8-10-24(19-21)30(34)29-27(22-11-15-25(16-12-22)31(2,3)4)20-28(33-29)23-13-17-26(18-14-23)32(5,6)7/h8-20,33H,1-7H3. The van der Waals surface area contributed by atoms with Gasteiger partial charge in [0.25, 0.3) is 0 Å². The summed E-state index contributed by atoms with van der Waals surface area (Å²) < 4.78 is 0. The van der Waals surface area contributed by atoms with E-state index in [1.54, 1.807) is 0 Å². The minimum atomic E-state index is 0.0103. The maximum absolute atomic E-state index is 13.6. The molecule has 0 aliphatic rings. The van der Waals surface area contributed by atoms with Gasteiger partial charge in [0.2, 0.25) is 5.78 Å². The van der Waals surface area contributed by atoms with Gasteiger partial charge in [-0.25, -0.2) is 0 Å². The number of carbonyl (C=O) groups excluding carboxylic acids is 1. The van der Waals surface area contributed by atoms with Crippen LogP contribution in [0.15, 0.2) is 78.9 Å². The summed E-state index contributed by atoms with van der Waals surface area (Å²) in [5.74, 6) is 0.0103. The summed E-state index contributed by atoms with van der Waals surface area (Å²) in [6, 6.07) is 27.1. The fraction of sp³-hybridized carbons (Fsp3) is 0.281. The number of aromatic nitrogens is 1. The van der Waals surface area contributed by atoms with E-state index in [0.717, 1.165) is 27.9 Å². The molecule has 0 saturated heterocycles. The lowest BCUT2D eigenvalue weighted by Crippen LogP contribution is -2.10. The number of carbonyl (C=O) groups is 1. The molecule has 0 amide bonds. The first-order chi connectivity index (χ1) is 15.9. The Morgan fingerprint density at radius 3 is 1.71 bits per heavy atom. The molecule has 0 bridgehead atoms. The van der Waals surface area contributed by atoms with Crippen LogP contribution >= 0.6 is 0 Å². The second-order valence-corrected chi connectivity index (χ2v) is 11.3. The van der Waals surface area contributed by atoms with Crippen molar-refractivity contribution in [1.82, 2.24) is 4.98 Å². The van der Waals surface area contributed by atoms with E-state index in [0.29, 0.717) is 11.3 Å². The van der Waals surface area contributed by atoms with Gasteiger partial charge in [-0.2, -0.15) is 0 Å². The van der Waals surface area contributed by atoms with Crippen LogP contribution in [0.1, 0.15) is 74.3 Å². The number of H-pyrrole nitrogens is 1. The fourth-order valence-electron chi connectivity index (χ4n) is 4.25. The monoisotopic (exact) mass is 449 g/mol. The van der Waals surface area contributed by atoms with Gasteiger partial charge in [-0.3, -0.25) is 4.79 Å². The van der Waals surface area contributed by atoms with Gasteiger partial charge < -0.3 is 4.98 Å². The van der Waals surface area contributed by atoms with Gasteiger partial charge >= 0.3 is 0 Å². The summed E-state index contributed by atoms with van der Waals surface area (Å²) in [5, 5.41) is 0. The highest BCUT2D eigenvalue weighted by atomic mass is 16.1. The van der Waals surface area contributed by atoms with Crippen LogP contribution in [-0.4, -0.2) is 10.8 Å². The van der Waals surface area contributed by atoms with Gasteiger partial charge in [0.1, 0.15) is 0 Å². The number of ketones is 1. The third kappa shape index (κ3) is 4.92. The molecule has 2 heteroatoms. The second kappa shape index (κ2) is 8.76. The van der Waals surface area contributed by atoms with Crippen molar-refractivity contribution in [2.45, 2.75) is 59.3 Å². The second-order valence-electron chi connectivity index (χ2n) is 11.3. The molecule has 1 heterocycles. The topological polar surface area (TPSA) is 32.9 Å². The van der Waals surface area contributed by atoms with E-state index in [9.17, 15) is 4.79 Å². The molecule has 3 aromatic carbocycles. The van der Waals surface area contributed by atoms with E-state index >= 15 is 0 Å². The van der Waals surface area contributed by atoms with Gasteiger partial charge in [0.15, 0.2) is 0 Å². The van der Waals surface area contributed by atoms with Crippen LogP contribution in [0.3, 0.4) is 0 Å². The first-order valence-corrected chi connectivity index (χ1v) is 12.0. The maximum Gasteiger partial charge on any atom is 0.209 e. The Balaban J connectivity index is 1.82.